The number of nitrogens with zero attached hydrogens (tertiary/aromatic N) is 2. The van der Waals surface area contributed by atoms with Crippen molar-refractivity contribution in [1.82, 2.24) is 8.61 Å². The Kier molecular flexibility index (Phi) is 4.90. The minimum atomic E-state index is -3.33. The van der Waals surface area contributed by atoms with Crippen LogP contribution >= 0.6 is 0 Å². The second-order valence-corrected chi connectivity index (χ2v) is 7.94. The molecule has 9 heteroatoms. The third-order valence-electron chi connectivity index (χ3n) is 2.61. The van der Waals surface area contributed by atoms with Crippen molar-refractivity contribution in [2.75, 3.05) is 51.9 Å². The van der Waals surface area contributed by atoms with Gasteiger partial charge in [-0.15, -0.1) is 0 Å². The number of hydrogen-bond acceptors (Lipinski definition) is 5. The second-order valence-electron chi connectivity index (χ2n) is 3.87. The minimum Gasteiger partial charge on any atom is -0.384 e. The molecule has 0 aromatic rings. The summed E-state index contributed by atoms with van der Waals surface area (Å²) < 4.78 is 53.4. The van der Waals surface area contributed by atoms with Gasteiger partial charge in [-0.25, -0.2) is 16.8 Å². The Balaban J connectivity index is 2.58. The lowest BCUT2D eigenvalue weighted by atomic mass is 10.4. The standard InChI is InChI=1S/C8H18N2O5S2/c1-15-7-8-17(13,14)10-5-3-9(4-6-10)16(2,11)12/h3-8H2,1-2H3. The summed E-state index contributed by atoms with van der Waals surface area (Å²) in [4.78, 5) is 0. The molecule has 7 nitrogen and oxygen atoms in total. The molecule has 0 amide bonds. The molecule has 0 aromatic carbocycles. The predicted octanol–water partition coefficient (Wildman–Crippen LogP) is -1.46. The highest BCUT2D eigenvalue weighted by atomic mass is 32.2. The summed E-state index contributed by atoms with van der Waals surface area (Å²) >= 11 is 0. The van der Waals surface area contributed by atoms with Gasteiger partial charge in [-0.1, -0.05) is 0 Å². The summed E-state index contributed by atoms with van der Waals surface area (Å²) in [5.74, 6) is -0.0671. The van der Waals surface area contributed by atoms with E-state index in [1.807, 2.05) is 0 Å². The van der Waals surface area contributed by atoms with Crippen molar-refractivity contribution in [2.45, 2.75) is 0 Å². The van der Waals surface area contributed by atoms with Crippen LogP contribution in [0.2, 0.25) is 0 Å². The number of rotatable bonds is 5. The fraction of sp³-hybridized carbons (Fsp3) is 1.00. The smallest absolute Gasteiger partial charge is 0.216 e. The molecule has 0 atom stereocenters. The normalized spacial score (nSPS) is 20.6. The molecule has 0 unspecified atom stereocenters. The Morgan fingerprint density at radius 2 is 1.47 bits per heavy atom. The highest BCUT2D eigenvalue weighted by Gasteiger charge is 2.29. The third kappa shape index (κ3) is 4.18. The van der Waals surface area contributed by atoms with E-state index in [0.29, 0.717) is 0 Å². The zero-order valence-corrected chi connectivity index (χ0v) is 11.6. The number of piperazine rings is 1. The van der Waals surface area contributed by atoms with Gasteiger partial charge in [-0.2, -0.15) is 8.61 Å². The van der Waals surface area contributed by atoms with E-state index < -0.39 is 20.0 Å². The number of hydrogen-bond donors (Lipinski definition) is 0. The van der Waals surface area contributed by atoms with Crippen molar-refractivity contribution in [1.29, 1.82) is 0 Å². The van der Waals surface area contributed by atoms with Gasteiger partial charge in [0.25, 0.3) is 0 Å². The summed E-state index contributed by atoms with van der Waals surface area (Å²) in [5.41, 5.74) is 0. The number of ether oxygens (including phenoxy) is 1. The van der Waals surface area contributed by atoms with Crippen LogP contribution in [0.5, 0.6) is 0 Å². The van der Waals surface area contributed by atoms with Gasteiger partial charge >= 0.3 is 0 Å². The van der Waals surface area contributed by atoms with E-state index in [0.717, 1.165) is 6.26 Å². The molecule has 0 spiro atoms. The summed E-state index contributed by atoms with van der Waals surface area (Å²) in [6.07, 6.45) is 1.13. The van der Waals surface area contributed by atoms with Crippen molar-refractivity contribution in [3.8, 4) is 0 Å². The molecule has 1 aliphatic heterocycles. The summed E-state index contributed by atoms with van der Waals surface area (Å²) in [7, 11) is -5.11. The van der Waals surface area contributed by atoms with Crippen molar-refractivity contribution < 1.29 is 21.6 Å². The first kappa shape index (κ1) is 14.8. The highest BCUT2D eigenvalue weighted by Crippen LogP contribution is 2.10. The van der Waals surface area contributed by atoms with E-state index in [-0.39, 0.29) is 38.5 Å². The first-order valence-corrected chi connectivity index (χ1v) is 8.65. The largest absolute Gasteiger partial charge is 0.384 e. The van der Waals surface area contributed by atoms with Crippen molar-refractivity contribution >= 4 is 20.0 Å². The molecular formula is C8H18N2O5S2. The summed E-state index contributed by atoms with van der Waals surface area (Å²) in [6.45, 7) is 0.989. The molecule has 1 saturated heterocycles. The molecule has 1 heterocycles. The summed E-state index contributed by atoms with van der Waals surface area (Å²) in [5, 5.41) is 0. The molecule has 1 aliphatic rings. The minimum absolute atomic E-state index is 0.0671. The van der Waals surface area contributed by atoms with Gasteiger partial charge in [0.15, 0.2) is 0 Å². The molecule has 0 bridgehead atoms. The van der Waals surface area contributed by atoms with Gasteiger partial charge in [0, 0.05) is 33.3 Å². The number of methoxy groups -OCH3 is 1. The van der Waals surface area contributed by atoms with Gasteiger partial charge < -0.3 is 4.74 Å². The van der Waals surface area contributed by atoms with Crippen LogP contribution in [0.15, 0.2) is 0 Å². The SMILES string of the molecule is COCCS(=O)(=O)N1CCN(S(C)(=O)=O)CC1. The Hall–Kier alpha value is -0.220. The lowest BCUT2D eigenvalue weighted by Crippen LogP contribution is -2.50. The zero-order chi connectivity index (χ0) is 13.1. The molecule has 0 saturated carbocycles. The van der Waals surface area contributed by atoms with Gasteiger partial charge in [0.1, 0.15) is 0 Å². The van der Waals surface area contributed by atoms with Crippen LogP contribution in [0, 0.1) is 0 Å². The quantitative estimate of drug-likeness (QED) is 0.617. The van der Waals surface area contributed by atoms with Crippen molar-refractivity contribution in [3.63, 3.8) is 0 Å². The van der Waals surface area contributed by atoms with Crippen LogP contribution in [-0.2, 0) is 24.8 Å². The van der Waals surface area contributed by atoms with E-state index in [2.05, 4.69) is 0 Å². The maximum Gasteiger partial charge on any atom is 0.216 e. The van der Waals surface area contributed by atoms with E-state index in [1.165, 1.54) is 15.7 Å². The Labute approximate surface area is 102 Å². The van der Waals surface area contributed by atoms with Crippen LogP contribution in [0.25, 0.3) is 0 Å². The maximum atomic E-state index is 11.8. The van der Waals surface area contributed by atoms with Crippen molar-refractivity contribution in [3.05, 3.63) is 0 Å². The average molecular weight is 286 g/mol. The summed E-state index contributed by atoms with van der Waals surface area (Å²) in [6, 6.07) is 0. The van der Waals surface area contributed by atoms with Gasteiger partial charge in [-0.3, -0.25) is 0 Å². The van der Waals surface area contributed by atoms with E-state index in [1.54, 1.807) is 0 Å². The van der Waals surface area contributed by atoms with Crippen LogP contribution in [0.4, 0.5) is 0 Å². The Bertz CT molecular complexity index is 437. The maximum absolute atomic E-state index is 11.8. The van der Waals surface area contributed by atoms with E-state index >= 15 is 0 Å². The van der Waals surface area contributed by atoms with Crippen LogP contribution in [-0.4, -0.2) is 77.4 Å². The first-order valence-electron chi connectivity index (χ1n) is 5.19. The molecule has 17 heavy (non-hydrogen) atoms. The molecule has 0 N–H and O–H groups in total. The predicted molar refractivity (Wildman–Crippen MR) is 63.7 cm³/mol. The molecule has 0 aliphatic carbocycles. The molecule has 102 valence electrons. The third-order valence-corrected chi connectivity index (χ3v) is 5.74. The monoisotopic (exact) mass is 286 g/mol. The van der Waals surface area contributed by atoms with E-state index in [4.69, 9.17) is 4.74 Å². The van der Waals surface area contributed by atoms with Crippen LogP contribution in [0.3, 0.4) is 0 Å². The fourth-order valence-corrected chi connectivity index (χ4v) is 3.78. The highest BCUT2D eigenvalue weighted by molar-refractivity contribution is 7.89. The van der Waals surface area contributed by atoms with Gasteiger partial charge in [0.2, 0.25) is 20.0 Å². The lowest BCUT2D eigenvalue weighted by molar-refractivity contribution is 0.213. The Morgan fingerprint density at radius 3 is 1.88 bits per heavy atom. The molecule has 1 fully saturated rings. The molecule has 0 radical (unpaired) electrons. The number of sulfonamides is 2. The van der Waals surface area contributed by atoms with Gasteiger partial charge in [0.05, 0.1) is 18.6 Å². The lowest BCUT2D eigenvalue weighted by Gasteiger charge is -2.32. The first-order chi connectivity index (χ1) is 7.77. The van der Waals surface area contributed by atoms with Crippen LogP contribution in [0.1, 0.15) is 0 Å². The van der Waals surface area contributed by atoms with E-state index in [9.17, 15) is 16.8 Å². The topological polar surface area (TPSA) is 84.0 Å². The zero-order valence-electron chi connectivity index (χ0n) is 9.99. The Morgan fingerprint density at radius 1 is 1.00 bits per heavy atom. The fourth-order valence-electron chi connectivity index (χ4n) is 1.60. The average Bonchev–Trinajstić information content (AvgIpc) is 2.25. The van der Waals surface area contributed by atoms with Gasteiger partial charge in [-0.05, 0) is 0 Å². The van der Waals surface area contributed by atoms with Crippen molar-refractivity contribution in [2.24, 2.45) is 0 Å². The molecule has 0 aromatic heterocycles. The van der Waals surface area contributed by atoms with Crippen LogP contribution < -0.4 is 0 Å². The molecular weight excluding hydrogens is 268 g/mol. The molecule has 1 rings (SSSR count). The second kappa shape index (κ2) is 5.61.